The molecule has 0 aromatic carbocycles. The molecule has 1 fully saturated rings. The molecule has 1 heterocycles. The molecule has 0 aromatic rings. The Bertz CT molecular complexity index is 296. The molecule has 1 aliphatic rings. The van der Waals surface area contributed by atoms with Crippen LogP contribution in [0.2, 0.25) is 0 Å². The van der Waals surface area contributed by atoms with Gasteiger partial charge in [0.1, 0.15) is 0 Å². The van der Waals surface area contributed by atoms with Gasteiger partial charge < -0.3 is 21.1 Å². The van der Waals surface area contributed by atoms with E-state index in [2.05, 4.69) is 0 Å². The van der Waals surface area contributed by atoms with Crippen LogP contribution in [0.15, 0.2) is 0 Å². The van der Waals surface area contributed by atoms with Gasteiger partial charge in [-0.1, -0.05) is 20.3 Å². The Hall–Kier alpha value is -1.14. The number of ether oxygens (including phenoxy) is 1. The number of carbonyl (C=O) groups is 2. The van der Waals surface area contributed by atoms with Crippen LogP contribution in [0.4, 0.5) is 0 Å². The molecule has 6 nitrogen and oxygen atoms in total. The van der Waals surface area contributed by atoms with E-state index in [-0.39, 0.29) is 18.4 Å². The summed E-state index contributed by atoms with van der Waals surface area (Å²) in [6.45, 7) is 4.93. The highest BCUT2D eigenvalue weighted by Gasteiger charge is 2.31. The number of morpholine rings is 1. The second-order valence-electron chi connectivity index (χ2n) is 4.46. The summed E-state index contributed by atoms with van der Waals surface area (Å²) < 4.78 is 5.18. The second-order valence-corrected chi connectivity index (χ2v) is 4.46. The van der Waals surface area contributed by atoms with Crippen molar-refractivity contribution in [3.63, 3.8) is 0 Å². The van der Waals surface area contributed by atoms with Gasteiger partial charge in [-0.05, 0) is 5.92 Å². The maximum absolute atomic E-state index is 12.1. The quantitative estimate of drug-likeness (QED) is 0.666. The Morgan fingerprint density at radius 1 is 1.53 bits per heavy atom. The van der Waals surface area contributed by atoms with E-state index >= 15 is 0 Å². The largest absolute Gasteiger partial charge is 0.367 e. The summed E-state index contributed by atoms with van der Waals surface area (Å²) in [6, 6.07) is -0.522. The lowest BCUT2D eigenvalue weighted by Gasteiger charge is -2.34. The molecule has 0 aromatic heterocycles. The van der Waals surface area contributed by atoms with Crippen LogP contribution in [0.3, 0.4) is 0 Å². The number of rotatable bonds is 4. The van der Waals surface area contributed by atoms with E-state index in [0.29, 0.717) is 13.2 Å². The maximum atomic E-state index is 12.1. The zero-order valence-corrected chi connectivity index (χ0v) is 10.4. The number of hydrogen-bond acceptors (Lipinski definition) is 4. The van der Waals surface area contributed by atoms with Crippen molar-refractivity contribution in [2.24, 2.45) is 17.4 Å². The van der Waals surface area contributed by atoms with E-state index in [1.54, 1.807) is 4.90 Å². The monoisotopic (exact) mass is 243 g/mol. The lowest BCUT2D eigenvalue weighted by Crippen LogP contribution is -2.55. The molecule has 1 saturated heterocycles. The van der Waals surface area contributed by atoms with Crippen LogP contribution in [0.1, 0.15) is 20.3 Å². The van der Waals surface area contributed by atoms with Crippen LogP contribution in [-0.4, -0.2) is 48.6 Å². The van der Waals surface area contributed by atoms with Gasteiger partial charge in [-0.3, -0.25) is 9.59 Å². The van der Waals surface area contributed by atoms with Crippen LogP contribution in [-0.2, 0) is 14.3 Å². The molecule has 0 spiro atoms. The fourth-order valence-electron chi connectivity index (χ4n) is 1.73. The predicted octanol–water partition coefficient (Wildman–Crippen LogP) is -0.927. The molecule has 1 rings (SSSR count). The van der Waals surface area contributed by atoms with Gasteiger partial charge in [0.2, 0.25) is 11.8 Å². The lowest BCUT2D eigenvalue weighted by atomic mass is 9.98. The van der Waals surface area contributed by atoms with Crippen molar-refractivity contribution in [1.29, 1.82) is 0 Å². The number of nitrogens with two attached hydrogens (primary N) is 2. The first-order valence-electron chi connectivity index (χ1n) is 5.92. The highest BCUT2D eigenvalue weighted by atomic mass is 16.5. The van der Waals surface area contributed by atoms with Crippen LogP contribution < -0.4 is 11.5 Å². The Kier molecular flexibility index (Phi) is 4.89. The van der Waals surface area contributed by atoms with Gasteiger partial charge in [0.05, 0.1) is 19.2 Å². The van der Waals surface area contributed by atoms with E-state index in [4.69, 9.17) is 16.2 Å². The molecular weight excluding hydrogens is 222 g/mol. The molecule has 17 heavy (non-hydrogen) atoms. The first-order chi connectivity index (χ1) is 7.97. The Labute approximate surface area is 101 Å². The number of nitrogens with zero attached hydrogens (tertiary/aromatic N) is 1. The third-order valence-electron chi connectivity index (χ3n) is 3.24. The maximum Gasteiger partial charge on any atom is 0.248 e. The third kappa shape index (κ3) is 3.41. The van der Waals surface area contributed by atoms with Gasteiger partial charge in [0, 0.05) is 6.54 Å². The minimum atomic E-state index is -0.711. The van der Waals surface area contributed by atoms with Crippen molar-refractivity contribution in [3.05, 3.63) is 0 Å². The normalized spacial score (nSPS) is 24.2. The Morgan fingerprint density at radius 3 is 2.71 bits per heavy atom. The van der Waals surface area contributed by atoms with Crippen LogP contribution >= 0.6 is 0 Å². The van der Waals surface area contributed by atoms with E-state index in [0.717, 1.165) is 6.42 Å². The smallest absolute Gasteiger partial charge is 0.248 e. The molecule has 6 heteroatoms. The summed E-state index contributed by atoms with van der Waals surface area (Å²) >= 11 is 0. The zero-order chi connectivity index (χ0) is 13.0. The van der Waals surface area contributed by atoms with Gasteiger partial charge in [-0.15, -0.1) is 0 Å². The summed E-state index contributed by atoms with van der Waals surface area (Å²) in [7, 11) is 0. The number of hydrogen-bond donors (Lipinski definition) is 2. The molecule has 4 N–H and O–H groups in total. The summed E-state index contributed by atoms with van der Waals surface area (Å²) in [4.78, 5) is 24.6. The van der Waals surface area contributed by atoms with Gasteiger partial charge in [-0.25, -0.2) is 0 Å². The number of amides is 2. The summed E-state index contributed by atoms with van der Waals surface area (Å²) in [5, 5.41) is 0. The highest BCUT2D eigenvalue weighted by Crippen LogP contribution is 2.12. The topological polar surface area (TPSA) is 98.7 Å². The minimum Gasteiger partial charge on any atom is -0.367 e. The van der Waals surface area contributed by atoms with E-state index in [9.17, 15) is 9.59 Å². The number of primary amides is 1. The molecule has 0 saturated carbocycles. The zero-order valence-electron chi connectivity index (χ0n) is 10.4. The van der Waals surface area contributed by atoms with Crippen molar-refractivity contribution >= 4 is 11.8 Å². The van der Waals surface area contributed by atoms with E-state index < -0.39 is 18.1 Å². The first-order valence-corrected chi connectivity index (χ1v) is 5.92. The number of carbonyl (C=O) groups excluding carboxylic acids is 2. The Balaban J connectivity index is 2.60. The van der Waals surface area contributed by atoms with Crippen LogP contribution in [0.25, 0.3) is 0 Å². The fraction of sp³-hybridized carbons (Fsp3) is 0.818. The Morgan fingerprint density at radius 2 is 2.18 bits per heavy atom. The summed E-state index contributed by atoms with van der Waals surface area (Å²) in [5.74, 6) is -0.550. The summed E-state index contributed by atoms with van der Waals surface area (Å²) in [6.07, 6.45) is 0.132. The SMILES string of the molecule is CCC(C)C(N)C(=O)N1CCOC(C(N)=O)C1. The molecular formula is C11H21N3O3. The van der Waals surface area contributed by atoms with Crippen molar-refractivity contribution in [3.8, 4) is 0 Å². The molecule has 0 radical (unpaired) electrons. The predicted molar refractivity (Wildman–Crippen MR) is 62.9 cm³/mol. The average Bonchev–Trinajstić information content (AvgIpc) is 2.36. The molecule has 2 amide bonds. The van der Waals surface area contributed by atoms with Crippen LogP contribution in [0, 0.1) is 5.92 Å². The lowest BCUT2D eigenvalue weighted by molar-refractivity contribution is -0.147. The molecule has 0 aliphatic carbocycles. The van der Waals surface area contributed by atoms with Gasteiger partial charge in [-0.2, -0.15) is 0 Å². The minimum absolute atomic E-state index is 0.123. The van der Waals surface area contributed by atoms with E-state index in [1.807, 2.05) is 13.8 Å². The van der Waals surface area contributed by atoms with Crippen molar-refractivity contribution in [2.45, 2.75) is 32.4 Å². The fourth-order valence-corrected chi connectivity index (χ4v) is 1.73. The van der Waals surface area contributed by atoms with E-state index in [1.165, 1.54) is 0 Å². The molecule has 3 atom stereocenters. The highest BCUT2D eigenvalue weighted by molar-refractivity contribution is 5.84. The second kappa shape index (κ2) is 5.97. The van der Waals surface area contributed by atoms with Gasteiger partial charge >= 0.3 is 0 Å². The standard InChI is InChI=1S/C11H21N3O3/c1-3-7(2)9(12)11(16)14-4-5-17-8(6-14)10(13)15/h7-9H,3-6,12H2,1-2H3,(H2,13,15). The molecule has 0 bridgehead atoms. The van der Waals surface area contributed by atoms with Crippen molar-refractivity contribution in [1.82, 2.24) is 4.90 Å². The molecule has 1 aliphatic heterocycles. The van der Waals surface area contributed by atoms with Crippen LogP contribution in [0.5, 0.6) is 0 Å². The van der Waals surface area contributed by atoms with Gasteiger partial charge in [0.15, 0.2) is 6.10 Å². The summed E-state index contributed by atoms with van der Waals surface area (Å²) in [5.41, 5.74) is 11.0. The van der Waals surface area contributed by atoms with Crippen molar-refractivity contribution in [2.75, 3.05) is 19.7 Å². The van der Waals surface area contributed by atoms with Crippen molar-refractivity contribution < 1.29 is 14.3 Å². The molecule has 3 unspecified atom stereocenters. The van der Waals surface area contributed by atoms with Gasteiger partial charge in [0.25, 0.3) is 0 Å². The first kappa shape index (κ1) is 13.9. The average molecular weight is 243 g/mol. The third-order valence-corrected chi connectivity index (χ3v) is 3.24. The molecule has 98 valence electrons.